The van der Waals surface area contributed by atoms with Gasteiger partial charge in [0, 0.05) is 19.3 Å². The molecular formula is C13H21N3O. The minimum absolute atomic E-state index is 0.0698. The van der Waals surface area contributed by atoms with E-state index >= 15 is 0 Å². The molecule has 1 aliphatic carbocycles. The molecule has 0 radical (unpaired) electrons. The van der Waals surface area contributed by atoms with Gasteiger partial charge in [0.1, 0.15) is 5.69 Å². The minimum Gasteiger partial charge on any atom is -0.357 e. The fourth-order valence-electron chi connectivity index (χ4n) is 2.78. The first kappa shape index (κ1) is 12.2. The van der Waals surface area contributed by atoms with Crippen molar-refractivity contribution < 1.29 is 4.79 Å². The molecule has 4 nitrogen and oxygen atoms in total. The first-order valence-electron chi connectivity index (χ1n) is 6.34. The molecule has 94 valence electrons. The summed E-state index contributed by atoms with van der Waals surface area (Å²) in [6, 6.07) is 3.96. The zero-order valence-electron chi connectivity index (χ0n) is 10.4. The van der Waals surface area contributed by atoms with Crippen molar-refractivity contribution in [2.45, 2.75) is 31.7 Å². The topological polar surface area (TPSA) is 62.1 Å². The van der Waals surface area contributed by atoms with E-state index in [1.807, 2.05) is 24.1 Å². The molecule has 2 rings (SSSR count). The lowest BCUT2D eigenvalue weighted by atomic mass is 9.83. The molecule has 0 aliphatic heterocycles. The number of carbonyl (C=O) groups is 1. The van der Waals surface area contributed by atoms with E-state index in [1.54, 1.807) is 6.20 Å². The number of nitrogens with one attached hydrogen (secondary N) is 1. The van der Waals surface area contributed by atoms with E-state index in [0.29, 0.717) is 24.2 Å². The Morgan fingerprint density at radius 3 is 2.94 bits per heavy atom. The van der Waals surface area contributed by atoms with Crippen molar-refractivity contribution in [2.24, 2.45) is 11.7 Å². The Balaban J connectivity index is 2.07. The Hall–Kier alpha value is -1.29. The lowest BCUT2D eigenvalue weighted by Crippen LogP contribution is -2.46. The van der Waals surface area contributed by atoms with Crippen molar-refractivity contribution in [3.05, 3.63) is 24.0 Å². The van der Waals surface area contributed by atoms with E-state index in [4.69, 9.17) is 5.73 Å². The molecule has 0 saturated heterocycles. The largest absolute Gasteiger partial charge is 0.357 e. The molecule has 17 heavy (non-hydrogen) atoms. The highest BCUT2D eigenvalue weighted by Crippen LogP contribution is 2.27. The first-order valence-corrected chi connectivity index (χ1v) is 6.34. The summed E-state index contributed by atoms with van der Waals surface area (Å²) in [5.41, 5.74) is 6.47. The molecule has 0 spiro atoms. The van der Waals surface area contributed by atoms with Gasteiger partial charge in [0.2, 0.25) is 0 Å². The van der Waals surface area contributed by atoms with Gasteiger partial charge in [-0.1, -0.05) is 12.8 Å². The molecule has 0 aromatic carbocycles. The van der Waals surface area contributed by atoms with E-state index < -0.39 is 0 Å². The van der Waals surface area contributed by atoms with E-state index in [-0.39, 0.29) is 5.91 Å². The van der Waals surface area contributed by atoms with Crippen LogP contribution in [0.1, 0.15) is 36.2 Å². The van der Waals surface area contributed by atoms with Crippen LogP contribution >= 0.6 is 0 Å². The lowest BCUT2D eigenvalue weighted by molar-refractivity contribution is 0.0615. The average Bonchev–Trinajstić information content (AvgIpc) is 2.90. The number of aromatic amines is 1. The van der Waals surface area contributed by atoms with Gasteiger partial charge >= 0.3 is 0 Å². The lowest BCUT2D eigenvalue weighted by Gasteiger charge is -2.37. The van der Waals surface area contributed by atoms with Crippen LogP contribution in [0.5, 0.6) is 0 Å². The quantitative estimate of drug-likeness (QED) is 0.836. The van der Waals surface area contributed by atoms with Gasteiger partial charge in [0.05, 0.1) is 0 Å². The van der Waals surface area contributed by atoms with Crippen LogP contribution < -0.4 is 5.73 Å². The Bertz CT molecular complexity index is 361. The number of carbonyl (C=O) groups excluding carboxylic acids is 1. The van der Waals surface area contributed by atoms with Gasteiger partial charge in [0.15, 0.2) is 0 Å². The van der Waals surface area contributed by atoms with Crippen LogP contribution in [0.15, 0.2) is 18.3 Å². The summed E-state index contributed by atoms with van der Waals surface area (Å²) < 4.78 is 0. The molecule has 2 unspecified atom stereocenters. The van der Waals surface area contributed by atoms with Crippen LogP contribution in [0.2, 0.25) is 0 Å². The molecule has 2 atom stereocenters. The van der Waals surface area contributed by atoms with Gasteiger partial charge in [-0.2, -0.15) is 0 Å². The van der Waals surface area contributed by atoms with E-state index in [2.05, 4.69) is 4.98 Å². The summed E-state index contributed by atoms with van der Waals surface area (Å²) >= 11 is 0. The summed E-state index contributed by atoms with van der Waals surface area (Å²) in [5, 5.41) is 0. The molecule has 1 saturated carbocycles. The second-order valence-electron chi connectivity index (χ2n) is 4.85. The van der Waals surface area contributed by atoms with Crippen LogP contribution in [0.25, 0.3) is 0 Å². The van der Waals surface area contributed by atoms with Crippen molar-refractivity contribution in [3.8, 4) is 0 Å². The highest BCUT2D eigenvalue weighted by molar-refractivity contribution is 5.92. The van der Waals surface area contributed by atoms with Crippen molar-refractivity contribution in [2.75, 3.05) is 13.6 Å². The third-order valence-corrected chi connectivity index (χ3v) is 3.82. The zero-order chi connectivity index (χ0) is 12.3. The molecule has 0 bridgehead atoms. The van der Waals surface area contributed by atoms with Crippen molar-refractivity contribution in [1.29, 1.82) is 0 Å². The molecule has 1 fully saturated rings. The van der Waals surface area contributed by atoms with Crippen molar-refractivity contribution in [1.82, 2.24) is 9.88 Å². The van der Waals surface area contributed by atoms with Crippen LogP contribution in [0.4, 0.5) is 0 Å². The number of H-pyrrole nitrogens is 1. The summed E-state index contributed by atoms with van der Waals surface area (Å²) in [6.07, 6.45) is 6.43. The molecule has 1 aromatic rings. The van der Waals surface area contributed by atoms with Crippen LogP contribution in [-0.2, 0) is 0 Å². The molecule has 1 heterocycles. The highest BCUT2D eigenvalue weighted by atomic mass is 16.2. The molecule has 1 amide bonds. The van der Waals surface area contributed by atoms with Crippen molar-refractivity contribution >= 4 is 5.91 Å². The fraction of sp³-hybridized carbons (Fsp3) is 0.615. The Morgan fingerprint density at radius 1 is 1.53 bits per heavy atom. The summed E-state index contributed by atoms with van der Waals surface area (Å²) in [4.78, 5) is 17.1. The van der Waals surface area contributed by atoms with Gasteiger partial charge in [0.25, 0.3) is 5.91 Å². The normalized spacial score (nSPS) is 24.6. The maximum Gasteiger partial charge on any atom is 0.270 e. The molecule has 3 N–H and O–H groups in total. The van der Waals surface area contributed by atoms with Gasteiger partial charge in [-0.25, -0.2) is 0 Å². The summed E-state index contributed by atoms with van der Waals surface area (Å²) in [7, 11) is 1.89. The second kappa shape index (κ2) is 5.36. The number of nitrogens with zero attached hydrogens (tertiary/aromatic N) is 1. The molecule has 1 aromatic heterocycles. The first-order chi connectivity index (χ1) is 8.24. The Morgan fingerprint density at radius 2 is 2.29 bits per heavy atom. The number of aromatic nitrogens is 1. The Labute approximate surface area is 102 Å². The standard InChI is InChI=1S/C13H21N3O/c1-16(13(17)11-6-4-8-15-11)12-7-3-2-5-10(12)9-14/h4,6,8,10,12,15H,2-3,5,7,9,14H2,1H3. The maximum atomic E-state index is 12.2. The molecule has 4 heteroatoms. The number of amides is 1. The molecule has 1 aliphatic rings. The number of hydrogen-bond donors (Lipinski definition) is 2. The predicted octanol–water partition coefficient (Wildman–Crippen LogP) is 1.60. The van der Waals surface area contributed by atoms with Gasteiger partial charge in [-0.05, 0) is 37.4 Å². The monoisotopic (exact) mass is 235 g/mol. The highest BCUT2D eigenvalue weighted by Gasteiger charge is 2.30. The SMILES string of the molecule is CN(C(=O)c1ccc[nH]1)C1CCCCC1CN. The third-order valence-electron chi connectivity index (χ3n) is 3.82. The minimum atomic E-state index is 0.0698. The third kappa shape index (κ3) is 2.52. The predicted molar refractivity (Wildman–Crippen MR) is 67.7 cm³/mol. The van der Waals surface area contributed by atoms with Gasteiger partial charge < -0.3 is 15.6 Å². The van der Waals surface area contributed by atoms with Crippen LogP contribution in [0.3, 0.4) is 0 Å². The smallest absolute Gasteiger partial charge is 0.270 e. The Kier molecular flexibility index (Phi) is 3.84. The number of nitrogens with two attached hydrogens (primary N) is 1. The van der Waals surface area contributed by atoms with E-state index in [0.717, 1.165) is 12.8 Å². The maximum absolute atomic E-state index is 12.2. The fourth-order valence-corrected chi connectivity index (χ4v) is 2.78. The second-order valence-corrected chi connectivity index (χ2v) is 4.85. The van der Waals surface area contributed by atoms with Gasteiger partial charge in [-0.3, -0.25) is 4.79 Å². The van der Waals surface area contributed by atoms with Crippen LogP contribution in [0, 0.1) is 5.92 Å². The summed E-state index contributed by atoms with van der Waals surface area (Å²) in [5.74, 6) is 0.521. The van der Waals surface area contributed by atoms with Gasteiger partial charge in [-0.15, -0.1) is 0 Å². The molecular weight excluding hydrogens is 214 g/mol. The number of hydrogen-bond acceptors (Lipinski definition) is 2. The van der Waals surface area contributed by atoms with E-state index in [1.165, 1.54) is 12.8 Å². The summed E-state index contributed by atoms with van der Waals surface area (Å²) in [6.45, 7) is 0.674. The van der Waals surface area contributed by atoms with Crippen LogP contribution in [-0.4, -0.2) is 35.4 Å². The zero-order valence-corrected chi connectivity index (χ0v) is 10.4. The van der Waals surface area contributed by atoms with E-state index in [9.17, 15) is 4.79 Å². The van der Waals surface area contributed by atoms with Crippen molar-refractivity contribution in [3.63, 3.8) is 0 Å². The number of rotatable bonds is 3. The average molecular weight is 235 g/mol.